The first-order valence-electron chi connectivity index (χ1n) is 5.90. The fourth-order valence-electron chi connectivity index (χ4n) is 1.87. The molecule has 1 aromatic heterocycles. The van der Waals surface area contributed by atoms with E-state index in [4.69, 9.17) is 11.6 Å². The largest absolute Gasteiger partial charge is 0.310 e. The summed E-state index contributed by atoms with van der Waals surface area (Å²) in [6.45, 7) is 2.94. The molecule has 6 heteroatoms. The maximum absolute atomic E-state index is 6.02. The Morgan fingerprint density at radius 3 is 2.89 bits per heavy atom. The third-order valence-electron chi connectivity index (χ3n) is 2.64. The molecule has 0 spiro atoms. The predicted octanol–water partition coefficient (Wildman–Crippen LogP) is 1.76. The number of hydrogen-bond donors (Lipinski definition) is 1. The number of hydrogen-bond acceptors (Lipinski definition) is 4. The van der Waals surface area contributed by atoms with Gasteiger partial charge < -0.3 is 5.32 Å². The Labute approximate surface area is 111 Å². The third kappa shape index (κ3) is 3.27. The lowest BCUT2D eigenvalue weighted by atomic mass is 10.0. The normalized spacial score (nSPS) is 12.6. The second-order valence-corrected chi connectivity index (χ2v) is 4.50. The van der Waals surface area contributed by atoms with Crippen LogP contribution >= 0.6 is 11.6 Å². The van der Waals surface area contributed by atoms with Crippen LogP contribution in [0.25, 0.3) is 0 Å². The first-order chi connectivity index (χ1) is 8.69. The van der Waals surface area contributed by atoms with Crippen LogP contribution in [0, 0.1) is 0 Å². The van der Waals surface area contributed by atoms with E-state index in [1.54, 1.807) is 7.05 Å². The average Bonchev–Trinajstić information content (AvgIpc) is 2.74. The molecule has 5 nitrogen and oxygen atoms in total. The van der Waals surface area contributed by atoms with Gasteiger partial charge in [0.05, 0.1) is 7.05 Å². The van der Waals surface area contributed by atoms with E-state index in [1.807, 2.05) is 18.2 Å². The highest BCUT2D eigenvalue weighted by Crippen LogP contribution is 2.20. The highest BCUT2D eigenvalue weighted by atomic mass is 35.5. The number of likely N-dealkylation sites (N-methyl/N-ethyl adjacent to an activating group) is 1. The predicted molar refractivity (Wildman–Crippen MR) is 70.4 cm³/mol. The molecule has 1 atom stereocenters. The van der Waals surface area contributed by atoms with Crippen molar-refractivity contribution in [1.29, 1.82) is 0 Å². The van der Waals surface area contributed by atoms with Gasteiger partial charge in [0.15, 0.2) is 5.82 Å². The van der Waals surface area contributed by atoms with Crippen molar-refractivity contribution >= 4 is 11.6 Å². The van der Waals surface area contributed by atoms with Crippen molar-refractivity contribution in [2.45, 2.75) is 19.4 Å². The molecule has 0 aliphatic carbocycles. The van der Waals surface area contributed by atoms with Gasteiger partial charge in [-0.25, -0.2) is 0 Å². The van der Waals surface area contributed by atoms with Crippen molar-refractivity contribution in [2.24, 2.45) is 7.05 Å². The number of nitrogens with zero attached hydrogens (tertiary/aromatic N) is 4. The van der Waals surface area contributed by atoms with E-state index < -0.39 is 0 Å². The first-order valence-corrected chi connectivity index (χ1v) is 6.28. The third-order valence-corrected chi connectivity index (χ3v) is 2.87. The summed E-state index contributed by atoms with van der Waals surface area (Å²) in [4.78, 5) is 1.47. The van der Waals surface area contributed by atoms with Crippen molar-refractivity contribution < 1.29 is 0 Å². The minimum atomic E-state index is 0.151. The molecule has 0 amide bonds. The summed E-state index contributed by atoms with van der Waals surface area (Å²) < 4.78 is 0. The lowest BCUT2D eigenvalue weighted by Crippen LogP contribution is -2.23. The monoisotopic (exact) mass is 265 g/mol. The molecule has 1 heterocycles. The van der Waals surface area contributed by atoms with Crippen molar-refractivity contribution in [3.8, 4) is 0 Å². The second kappa shape index (κ2) is 5.93. The van der Waals surface area contributed by atoms with E-state index in [2.05, 4.69) is 33.7 Å². The Morgan fingerprint density at radius 1 is 1.44 bits per heavy atom. The van der Waals surface area contributed by atoms with Crippen molar-refractivity contribution in [1.82, 2.24) is 25.5 Å². The number of rotatable bonds is 5. The van der Waals surface area contributed by atoms with Gasteiger partial charge in [-0.1, -0.05) is 30.7 Å². The van der Waals surface area contributed by atoms with E-state index in [0.717, 1.165) is 23.0 Å². The van der Waals surface area contributed by atoms with Crippen LogP contribution in [0.4, 0.5) is 0 Å². The summed E-state index contributed by atoms with van der Waals surface area (Å²) in [5, 5.41) is 16.2. The molecule has 0 bridgehead atoms. The van der Waals surface area contributed by atoms with Crippen LogP contribution in [-0.2, 0) is 13.5 Å². The summed E-state index contributed by atoms with van der Waals surface area (Å²) in [6, 6.07) is 7.99. The van der Waals surface area contributed by atoms with Crippen molar-refractivity contribution in [3.63, 3.8) is 0 Å². The van der Waals surface area contributed by atoms with E-state index in [0.29, 0.717) is 6.42 Å². The van der Waals surface area contributed by atoms with Crippen LogP contribution in [-0.4, -0.2) is 26.8 Å². The molecule has 1 aromatic carbocycles. The van der Waals surface area contributed by atoms with Gasteiger partial charge >= 0.3 is 0 Å². The smallest absolute Gasteiger partial charge is 0.176 e. The molecule has 0 saturated heterocycles. The molecule has 1 unspecified atom stereocenters. The molecule has 0 radical (unpaired) electrons. The standard InChI is InChI=1S/C12H16ClN5/c1-3-14-11(8-12-15-17-18(2)16-12)9-5-4-6-10(13)7-9/h4-7,11,14H,3,8H2,1-2H3. The summed E-state index contributed by atoms with van der Waals surface area (Å²) in [5.74, 6) is 0.725. The number of benzene rings is 1. The summed E-state index contributed by atoms with van der Waals surface area (Å²) in [7, 11) is 1.76. The Bertz CT molecular complexity index is 511. The molecule has 0 saturated carbocycles. The fourth-order valence-corrected chi connectivity index (χ4v) is 2.06. The summed E-state index contributed by atoms with van der Waals surface area (Å²) in [6.07, 6.45) is 0.696. The van der Waals surface area contributed by atoms with Gasteiger partial charge in [0.1, 0.15) is 0 Å². The average molecular weight is 266 g/mol. The zero-order valence-corrected chi connectivity index (χ0v) is 11.2. The van der Waals surface area contributed by atoms with Gasteiger partial charge in [0.25, 0.3) is 0 Å². The zero-order chi connectivity index (χ0) is 13.0. The molecular formula is C12H16ClN5. The molecule has 0 aliphatic heterocycles. The number of nitrogens with one attached hydrogen (secondary N) is 1. The quantitative estimate of drug-likeness (QED) is 0.895. The molecule has 1 N–H and O–H groups in total. The number of tetrazole rings is 1. The Morgan fingerprint density at radius 2 is 2.28 bits per heavy atom. The lowest BCUT2D eigenvalue weighted by molar-refractivity contribution is 0.535. The van der Waals surface area contributed by atoms with Crippen molar-refractivity contribution in [3.05, 3.63) is 40.7 Å². The van der Waals surface area contributed by atoms with Crippen LogP contribution in [0.2, 0.25) is 5.02 Å². The summed E-state index contributed by atoms with van der Waals surface area (Å²) in [5.41, 5.74) is 1.14. The van der Waals surface area contributed by atoms with E-state index in [1.165, 1.54) is 4.80 Å². The van der Waals surface area contributed by atoms with Gasteiger partial charge in [-0.15, -0.1) is 10.2 Å². The molecule has 2 aromatic rings. The molecule has 2 rings (SSSR count). The van der Waals surface area contributed by atoms with Crippen LogP contribution in [0.3, 0.4) is 0 Å². The van der Waals surface area contributed by atoms with Gasteiger partial charge in [-0.3, -0.25) is 0 Å². The van der Waals surface area contributed by atoms with E-state index in [9.17, 15) is 0 Å². The molecule has 0 aliphatic rings. The van der Waals surface area contributed by atoms with Crippen molar-refractivity contribution in [2.75, 3.05) is 6.54 Å². The van der Waals surface area contributed by atoms with Crippen LogP contribution in [0.15, 0.2) is 24.3 Å². The van der Waals surface area contributed by atoms with Crippen LogP contribution < -0.4 is 5.32 Å². The van der Waals surface area contributed by atoms with Gasteiger partial charge in [-0.05, 0) is 29.5 Å². The number of halogens is 1. The maximum atomic E-state index is 6.02. The van der Waals surface area contributed by atoms with E-state index in [-0.39, 0.29) is 6.04 Å². The van der Waals surface area contributed by atoms with Gasteiger partial charge in [0, 0.05) is 17.5 Å². The lowest BCUT2D eigenvalue weighted by Gasteiger charge is -2.16. The van der Waals surface area contributed by atoms with Gasteiger partial charge in [0.2, 0.25) is 0 Å². The van der Waals surface area contributed by atoms with Crippen LogP contribution in [0.5, 0.6) is 0 Å². The topological polar surface area (TPSA) is 55.6 Å². The second-order valence-electron chi connectivity index (χ2n) is 4.06. The molecule has 18 heavy (non-hydrogen) atoms. The van der Waals surface area contributed by atoms with Gasteiger partial charge in [-0.2, -0.15) is 4.80 Å². The molecule has 96 valence electrons. The highest BCUT2D eigenvalue weighted by Gasteiger charge is 2.14. The minimum Gasteiger partial charge on any atom is -0.310 e. The Hall–Kier alpha value is -1.46. The van der Waals surface area contributed by atoms with Crippen LogP contribution in [0.1, 0.15) is 24.4 Å². The Balaban J connectivity index is 2.17. The Kier molecular flexibility index (Phi) is 4.28. The fraction of sp³-hybridized carbons (Fsp3) is 0.417. The maximum Gasteiger partial charge on any atom is 0.176 e. The SMILES string of the molecule is CCNC(Cc1nnn(C)n1)c1cccc(Cl)c1. The molecule has 0 fully saturated rings. The van der Waals surface area contributed by atoms with E-state index >= 15 is 0 Å². The number of aryl methyl sites for hydroxylation is 1. The highest BCUT2D eigenvalue weighted by molar-refractivity contribution is 6.30. The summed E-state index contributed by atoms with van der Waals surface area (Å²) >= 11 is 6.02. The minimum absolute atomic E-state index is 0.151. The number of aromatic nitrogens is 4. The zero-order valence-electron chi connectivity index (χ0n) is 10.5. The first kappa shape index (κ1) is 13.0. The molecular weight excluding hydrogens is 250 g/mol.